The normalized spacial score (nSPS) is 33.3. The van der Waals surface area contributed by atoms with Crippen molar-refractivity contribution in [2.24, 2.45) is 17.8 Å². The van der Waals surface area contributed by atoms with E-state index in [9.17, 15) is 4.79 Å². The molecule has 0 heterocycles. The van der Waals surface area contributed by atoms with E-state index in [0.29, 0.717) is 12.1 Å². The third kappa shape index (κ3) is 2.64. The van der Waals surface area contributed by atoms with Crippen LogP contribution >= 0.6 is 0 Å². The SMILES string of the molecule is CC(=CCNCC1CC2CCC1C2)C(=O)O. The third-order valence-electron chi connectivity index (χ3n) is 4.18. The second-order valence-electron chi connectivity index (χ2n) is 5.29. The summed E-state index contributed by atoms with van der Waals surface area (Å²) in [6.45, 7) is 3.39. The molecule has 0 spiro atoms. The van der Waals surface area contributed by atoms with Crippen LogP contribution in [0.25, 0.3) is 0 Å². The lowest BCUT2D eigenvalue weighted by atomic mass is 9.89. The van der Waals surface area contributed by atoms with E-state index < -0.39 is 5.97 Å². The Bertz CT molecular complexity index is 298. The maximum Gasteiger partial charge on any atom is 0.330 e. The van der Waals surface area contributed by atoms with Crippen molar-refractivity contribution in [1.29, 1.82) is 0 Å². The van der Waals surface area contributed by atoms with Crippen LogP contribution in [0.1, 0.15) is 32.6 Å². The number of carbonyl (C=O) groups is 1. The van der Waals surface area contributed by atoms with Crippen molar-refractivity contribution in [3.8, 4) is 0 Å². The van der Waals surface area contributed by atoms with Crippen molar-refractivity contribution in [1.82, 2.24) is 5.32 Å². The van der Waals surface area contributed by atoms with Crippen LogP contribution in [0, 0.1) is 17.8 Å². The topological polar surface area (TPSA) is 49.3 Å². The number of rotatable bonds is 5. The summed E-state index contributed by atoms with van der Waals surface area (Å²) in [5.74, 6) is 1.97. The van der Waals surface area contributed by atoms with Gasteiger partial charge < -0.3 is 10.4 Å². The number of carboxylic acids is 1. The van der Waals surface area contributed by atoms with Crippen molar-refractivity contribution >= 4 is 5.97 Å². The molecule has 2 saturated carbocycles. The monoisotopic (exact) mass is 223 g/mol. The Labute approximate surface area is 96.9 Å². The first-order chi connectivity index (χ1) is 7.66. The molecular formula is C13H21NO2. The molecule has 0 aromatic carbocycles. The first-order valence-electron chi connectivity index (χ1n) is 6.27. The maximum absolute atomic E-state index is 10.6. The lowest BCUT2D eigenvalue weighted by Gasteiger charge is -2.21. The predicted octanol–water partition coefficient (Wildman–Crippen LogP) is 2.04. The quantitative estimate of drug-likeness (QED) is 0.554. The molecule has 2 fully saturated rings. The van der Waals surface area contributed by atoms with Gasteiger partial charge in [-0.3, -0.25) is 0 Å². The van der Waals surface area contributed by atoms with Crippen LogP contribution < -0.4 is 5.32 Å². The number of nitrogens with one attached hydrogen (secondary N) is 1. The summed E-state index contributed by atoms with van der Waals surface area (Å²) in [6.07, 6.45) is 7.45. The number of aliphatic carboxylic acids is 1. The highest BCUT2D eigenvalue weighted by Gasteiger charge is 2.38. The van der Waals surface area contributed by atoms with Gasteiger partial charge in [-0.15, -0.1) is 0 Å². The summed E-state index contributed by atoms with van der Waals surface area (Å²) in [5, 5.41) is 12.0. The van der Waals surface area contributed by atoms with Crippen LogP contribution in [-0.2, 0) is 4.79 Å². The van der Waals surface area contributed by atoms with Gasteiger partial charge in [0, 0.05) is 12.1 Å². The van der Waals surface area contributed by atoms with E-state index in [1.807, 2.05) is 0 Å². The largest absolute Gasteiger partial charge is 0.478 e. The van der Waals surface area contributed by atoms with Crippen LogP contribution in [0.15, 0.2) is 11.6 Å². The molecule has 0 aromatic heterocycles. The summed E-state index contributed by atoms with van der Waals surface area (Å²) in [5.41, 5.74) is 0.431. The molecule has 3 nitrogen and oxygen atoms in total. The summed E-state index contributed by atoms with van der Waals surface area (Å²) < 4.78 is 0. The van der Waals surface area contributed by atoms with E-state index in [0.717, 1.165) is 24.3 Å². The van der Waals surface area contributed by atoms with E-state index in [2.05, 4.69) is 5.32 Å². The zero-order valence-corrected chi connectivity index (χ0v) is 9.91. The summed E-state index contributed by atoms with van der Waals surface area (Å²) >= 11 is 0. The summed E-state index contributed by atoms with van der Waals surface area (Å²) in [6, 6.07) is 0. The van der Waals surface area contributed by atoms with Gasteiger partial charge in [0.1, 0.15) is 0 Å². The molecule has 0 aliphatic heterocycles. The van der Waals surface area contributed by atoms with Gasteiger partial charge in [-0.2, -0.15) is 0 Å². The fourth-order valence-electron chi connectivity index (χ4n) is 3.21. The number of hydrogen-bond acceptors (Lipinski definition) is 2. The molecule has 2 rings (SSSR count). The Hall–Kier alpha value is -0.830. The highest BCUT2D eigenvalue weighted by atomic mass is 16.4. The molecule has 2 bridgehead atoms. The number of hydrogen-bond donors (Lipinski definition) is 2. The maximum atomic E-state index is 10.6. The van der Waals surface area contributed by atoms with E-state index in [1.54, 1.807) is 13.0 Å². The summed E-state index contributed by atoms with van der Waals surface area (Å²) in [7, 11) is 0. The predicted molar refractivity (Wildman–Crippen MR) is 63.2 cm³/mol. The van der Waals surface area contributed by atoms with Gasteiger partial charge in [0.25, 0.3) is 0 Å². The van der Waals surface area contributed by atoms with Gasteiger partial charge in [-0.1, -0.05) is 12.5 Å². The Morgan fingerprint density at radius 1 is 1.44 bits per heavy atom. The van der Waals surface area contributed by atoms with Crippen molar-refractivity contribution in [3.05, 3.63) is 11.6 Å². The van der Waals surface area contributed by atoms with Crippen molar-refractivity contribution in [3.63, 3.8) is 0 Å². The lowest BCUT2D eigenvalue weighted by Crippen LogP contribution is -2.26. The Balaban J connectivity index is 1.65. The molecule has 3 atom stereocenters. The average molecular weight is 223 g/mol. The minimum atomic E-state index is -0.818. The molecule has 0 saturated heterocycles. The van der Waals surface area contributed by atoms with Crippen LogP contribution in [-0.4, -0.2) is 24.2 Å². The highest BCUT2D eigenvalue weighted by molar-refractivity contribution is 5.85. The van der Waals surface area contributed by atoms with Crippen LogP contribution in [0.3, 0.4) is 0 Å². The fourth-order valence-corrected chi connectivity index (χ4v) is 3.21. The second-order valence-corrected chi connectivity index (χ2v) is 5.29. The Morgan fingerprint density at radius 3 is 2.81 bits per heavy atom. The molecule has 2 aliphatic rings. The van der Waals surface area contributed by atoms with Crippen molar-refractivity contribution in [2.45, 2.75) is 32.6 Å². The van der Waals surface area contributed by atoms with Gasteiger partial charge >= 0.3 is 5.97 Å². The first kappa shape index (κ1) is 11.6. The van der Waals surface area contributed by atoms with Gasteiger partial charge in [0.15, 0.2) is 0 Å². The molecule has 2 aliphatic carbocycles. The molecule has 90 valence electrons. The van der Waals surface area contributed by atoms with Gasteiger partial charge in [0.05, 0.1) is 0 Å². The van der Waals surface area contributed by atoms with Crippen molar-refractivity contribution < 1.29 is 9.90 Å². The zero-order chi connectivity index (χ0) is 11.5. The smallest absolute Gasteiger partial charge is 0.330 e. The molecule has 0 aromatic rings. The van der Waals surface area contributed by atoms with E-state index in [4.69, 9.17) is 5.11 Å². The molecular weight excluding hydrogens is 202 g/mol. The minimum absolute atomic E-state index is 0.431. The molecule has 0 amide bonds. The summed E-state index contributed by atoms with van der Waals surface area (Å²) in [4.78, 5) is 10.6. The third-order valence-corrected chi connectivity index (χ3v) is 4.18. The average Bonchev–Trinajstić information content (AvgIpc) is 2.85. The second kappa shape index (κ2) is 5.00. The molecule has 0 radical (unpaired) electrons. The molecule has 3 unspecified atom stereocenters. The van der Waals surface area contributed by atoms with Crippen LogP contribution in [0.4, 0.5) is 0 Å². The van der Waals surface area contributed by atoms with Crippen LogP contribution in [0.5, 0.6) is 0 Å². The number of fused-ring (bicyclic) bond motifs is 2. The van der Waals surface area contributed by atoms with Gasteiger partial charge in [0.2, 0.25) is 0 Å². The van der Waals surface area contributed by atoms with Crippen LogP contribution in [0.2, 0.25) is 0 Å². The van der Waals surface area contributed by atoms with Crippen molar-refractivity contribution in [2.75, 3.05) is 13.1 Å². The fraction of sp³-hybridized carbons (Fsp3) is 0.769. The van der Waals surface area contributed by atoms with Gasteiger partial charge in [-0.05, 0) is 50.5 Å². The first-order valence-corrected chi connectivity index (χ1v) is 6.27. The van der Waals surface area contributed by atoms with E-state index in [1.165, 1.54) is 25.7 Å². The Morgan fingerprint density at radius 2 is 2.25 bits per heavy atom. The van der Waals surface area contributed by atoms with Gasteiger partial charge in [-0.25, -0.2) is 4.79 Å². The minimum Gasteiger partial charge on any atom is -0.478 e. The van der Waals surface area contributed by atoms with E-state index in [-0.39, 0.29) is 0 Å². The molecule has 3 heteroatoms. The zero-order valence-electron chi connectivity index (χ0n) is 9.91. The number of carboxylic acid groups (broad SMARTS) is 1. The Kier molecular flexibility index (Phi) is 3.64. The lowest BCUT2D eigenvalue weighted by molar-refractivity contribution is -0.132. The standard InChI is InChI=1S/C13H21NO2/c1-9(13(15)16)4-5-14-8-12-7-10-2-3-11(12)6-10/h4,10-12,14H,2-3,5-8H2,1H3,(H,15,16). The molecule has 16 heavy (non-hydrogen) atoms. The van der Waals surface area contributed by atoms with E-state index >= 15 is 0 Å². The highest BCUT2D eigenvalue weighted by Crippen LogP contribution is 2.47. The molecule has 2 N–H and O–H groups in total.